The van der Waals surface area contributed by atoms with E-state index >= 15 is 0 Å². The van der Waals surface area contributed by atoms with E-state index in [-0.39, 0.29) is 0 Å². The van der Waals surface area contributed by atoms with Crippen molar-refractivity contribution in [3.8, 4) is 67.7 Å². The van der Waals surface area contributed by atoms with E-state index in [0.29, 0.717) is 17.5 Å². The average molecular weight is 739 g/mol. The third-order valence-electron chi connectivity index (χ3n) is 11.1. The third kappa shape index (κ3) is 6.14. The summed E-state index contributed by atoms with van der Waals surface area (Å²) in [5.41, 5.74) is 9.19. The second kappa shape index (κ2) is 14.0. The van der Waals surface area contributed by atoms with E-state index in [0.717, 1.165) is 61.0 Å². The number of fused-ring (bicyclic) bond motifs is 5. The van der Waals surface area contributed by atoms with E-state index < -0.39 is 0 Å². The Morgan fingerprint density at radius 2 is 0.741 bits per heavy atom. The predicted octanol–water partition coefficient (Wildman–Crippen LogP) is 13.9. The molecule has 0 aliphatic heterocycles. The van der Waals surface area contributed by atoms with Crippen molar-refractivity contribution in [1.82, 2.24) is 19.9 Å². The van der Waals surface area contributed by atoms with Gasteiger partial charge in [0.15, 0.2) is 17.5 Å². The summed E-state index contributed by atoms with van der Waals surface area (Å²) in [6, 6.07) is 70.7. The Hall–Kier alpha value is -7.82. The lowest BCUT2D eigenvalue weighted by molar-refractivity contribution is 1.08. The van der Waals surface area contributed by atoms with Crippen LogP contribution < -0.4 is 0 Å². The van der Waals surface area contributed by atoms with Crippen molar-refractivity contribution in [3.63, 3.8) is 0 Å². The number of rotatable bonds is 6. The fourth-order valence-electron chi connectivity index (χ4n) is 8.16. The van der Waals surface area contributed by atoms with Gasteiger partial charge < -0.3 is 0 Å². The first-order valence-corrected chi connectivity index (χ1v) is 19.5. The van der Waals surface area contributed by atoms with E-state index in [2.05, 4.69) is 187 Å². The first-order valence-electron chi connectivity index (χ1n) is 19.5. The summed E-state index contributed by atoms with van der Waals surface area (Å²) in [5, 5.41) is 9.46. The molecule has 0 unspecified atom stereocenters. The van der Waals surface area contributed by atoms with Crippen molar-refractivity contribution in [3.05, 3.63) is 206 Å². The van der Waals surface area contributed by atoms with Crippen molar-refractivity contribution in [2.24, 2.45) is 0 Å². The van der Waals surface area contributed by atoms with Gasteiger partial charge in [-0.3, -0.25) is 4.98 Å². The van der Waals surface area contributed by atoms with Crippen LogP contribution in [0.4, 0.5) is 0 Å². The molecule has 4 nitrogen and oxygen atoms in total. The summed E-state index contributed by atoms with van der Waals surface area (Å²) in [5.74, 6) is 1.86. The van der Waals surface area contributed by atoms with Crippen LogP contribution in [0.1, 0.15) is 0 Å². The first-order chi connectivity index (χ1) is 28.7. The average Bonchev–Trinajstić information content (AvgIpc) is 3.31. The van der Waals surface area contributed by atoms with Crippen LogP contribution in [-0.4, -0.2) is 19.9 Å². The van der Waals surface area contributed by atoms with E-state index in [1.54, 1.807) is 0 Å². The number of aromatic nitrogens is 4. The maximum Gasteiger partial charge on any atom is 0.164 e. The Labute approximate surface area is 335 Å². The normalized spacial score (nSPS) is 11.4. The third-order valence-corrected chi connectivity index (χ3v) is 11.1. The molecule has 0 saturated carbocycles. The summed E-state index contributed by atoms with van der Waals surface area (Å²) in [4.78, 5) is 20.3. The van der Waals surface area contributed by atoms with Crippen LogP contribution in [0, 0.1) is 0 Å². The lowest BCUT2D eigenvalue weighted by atomic mass is 9.90. The highest BCUT2D eigenvalue weighted by Crippen LogP contribution is 2.39. The zero-order chi connectivity index (χ0) is 38.4. The number of hydrogen-bond donors (Lipinski definition) is 0. The molecule has 9 aromatic carbocycles. The molecule has 0 bridgehead atoms. The zero-order valence-electron chi connectivity index (χ0n) is 31.4. The molecule has 0 atom stereocenters. The maximum absolute atomic E-state index is 5.27. The second-order valence-electron chi connectivity index (χ2n) is 14.7. The van der Waals surface area contributed by atoms with Crippen LogP contribution in [0.2, 0.25) is 0 Å². The maximum atomic E-state index is 5.27. The van der Waals surface area contributed by atoms with Gasteiger partial charge in [-0.1, -0.05) is 152 Å². The van der Waals surface area contributed by atoms with Gasteiger partial charge in [-0.25, -0.2) is 15.0 Å². The highest BCUT2D eigenvalue weighted by molar-refractivity contribution is 6.14. The molecule has 58 heavy (non-hydrogen) atoms. The number of nitrogens with zero attached hydrogens (tertiary/aromatic N) is 4. The molecule has 270 valence electrons. The molecule has 2 heterocycles. The minimum absolute atomic E-state index is 0.611. The fourth-order valence-corrected chi connectivity index (χ4v) is 8.16. The molecule has 2 aromatic heterocycles. The second-order valence-corrected chi connectivity index (χ2v) is 14.7. The smallest absolute Gasteiger partial charge is 0.164 e. The Balaban J connectivity index is 1.15. The largest absolute Gasteiger partial charge is 0.256 e. The molecular formula is C54H34N4. The molecule has 0 aliphatic carbocycles. The molecule has 0 fully saturated rings. The molecule has 0 radical (unpaired) electrons. The summed E-state index contributed by atoms with van der Waals surface area (Å²) >= 11 is 0. The predicted molar refractivity (Wildman–Crippen MR) is 240 cm³/mol. The molecular weight excluding hydrogens is 705 g/mol. The zero-order valence-corrected chi connectivity index (χ0v) is 31.4. The fraction of sp³-hybridized carbons (Fsp3) is 0. The van der Waals surface area contributed by atoms with Gasteiger partial charge in [0, 0.05) is 28.5 Å². The van der Waals surface area contributed by atoms with Gasteiger partial charge in [0.1, 0.15) is 0 Å². The van der Waals surface area contributed by atoms with Crippen LogP contribution in [0.3, 0.4) is 0 Å². The van der Waals surface area contributed by atoms with E-state index in [4.69, 9.17) is 15.0 Å². The molecule has 11 aromatic rings. The number of pyridine rings is 1. The van der Waals surface area contributed by atoms with Gasteiger partial charge >= 0.3 is 0 Å². The van der Waals surface area contributed by atoms with E-state index in [1.165, 1.54) is 32.3 Å². The Morgan fingerprint density at radius 3 is 1.38 bits per heavy atom. The molecule has 4 heteroatoms. The number of hydrogen-bond acceptors (Lipinski definition) is 4. The topological polar surface area (TPSA) is 51.6 Å². The van der Waals surface area contributed by atoms with Gasteiger partial charge in [-0.2, -0.15) is 0 Å². The summed E-state index contributed by atoms with van der Waals surface area (Å²) in [6.07, 6.45) is 1.83. The molecule has 0 amide bonds. The van der Waals surface area contributed by atoms with Gasteiger partial charge in [-0.05, 0) is 114 Å². The lowest BCUT2D eigenvalue weighted by Crippen LogP contribution is -2.01. The minimum Gasteiger partial charge on any atom is -0.256 e. The molecule has 0 spiro atoms. The Morgan fingerprint density at radius 1 is 0.259 bits per heavy atom. The van der Waals surface area contributed by atoms with Crippen molar-refractivity contribution in [2.75, 3.05) is 0 Å². The van der Waals surface area contributed by atoms with Crippen LogP contribution in [0.15, 0.2) is 206 Å². The summed E-state index contributed by atoms with van der Waals surface area (Å²) in [6.45, 7) is 0. The summed E-state index contributed by atoms with van der Waals surface area (Å²) < 4.78 is 0. The monoisotopic (exact) mass is 738 g/mol. The molecule has 0 N–H and O–H groups in total. The van der Waals surface area contributed by atoms with Crippen molar-refractivity contribution in [2.45, 2.75) is 0 Å². The van der Waals surface area contributed by atoms with E-state index in [1.807, 2.05) is 24.4 Å². The van der Waals surface area contributed by atoms with Crippen molar-refractivity contribution in [1.29, 1.82) is 0 Å². The van der Waals surface area contributed by atoms with E-state index in [9.17, 15) is 0 Å². The van der Waals surface area contributed by atoms with Gasteiger partial charge in [0.05, 0.1) is 5.69 Å². The molecule has 11 rings (SSSR count). The van der Waals surface area contributed by atoms with Crippen LogP contribution in [0.5, 0.6) is 0 Å². The number of benzene rings is 9. The van der Waals surface area contributed by atoms with Gasteiger partial charge in [-0.15, -0.1) is 0 Å². The highest BCUT2D eigenvalue weighted by Gasteiger charge is 2.17. The standard InChI is InChI=1S/C54H34N4/c1-3-13-39-29-42(26-22-35(39)11-1)52-56-53(43-27-23-36-12-2-4-14-40(36)30-43)58-54(57-52)46-32-44(37-20-24-38(25-21-37)51-19-9-10-28-55-51)31-45(33-46)50-34-41-15-5-6-16-47(41)48-17-7-8-18-49(48)50/h1-34H. The van der Waals surface area contributed by atoms with Crippen molar-refractivity contribution < 1.29 is 0 Å². The van der Waals surface area contributed by atoms with Gasteiger partial charge in [0.2, 0.25) is 0 Å². The molecule has 0 saturated heterocycles. The quantitative estimate of drug-likeness (QED) is 0.159. The molecule has 0 aliphatic rings. The van der Waals surface area contributed by atoms with Crippen molar-refractivity contribution >= 4 is 43.1 Å². The van der Waals surface area contributed by atoms with Crippen LogP contribution in [0.25, 0.3) is 111 Å². The first kappa shape index (κ1) is 33.5. The minimum atomic E-state index is 0.611. The van der Waals surface area contributed by atoms with Gasteiger partial charge in [0.25, 0.3) is 0 Å². The SMILES string of the molecule is c1ccc(-c2ccc(-c3cc(-c4nc(-c5ccc6ccccc6c5)nc(-c5ccc6ccccc6c5)n4)cc(-c4cc5ccccc5c5ccccc45)c3)cc2)nc1. The Bertz CT molecular complexity index is 3240. The Kier molecular flexibility index (Phi) is 8.11. The van der Waals surface area contributed by atoms with Crippen LogP contribution >= 0.6 is 0 Å². The highest BCUT2D eigenvalue weighted by atomic mass is 15.0. The summed E-state index contributed by atoms with van der Waals surface area (Å²) in [7, 11) is 0. The van der Waals surface area contributed by atoms with Crippen LogP contribution in [-0.2, 0) is 0 Å². The lowest BCUT2D eigenvalue weighted by Gasteiger charge is -2.15.